The molecule has 2 amide bonds. The summed E-state index contributed by atoms with van der Waals surface area (Å²) in [6.45, 7) is 1.78. The molecule has 1 aromatic carbocycles. The fourth-order valence-electron chi connectivity index (χ4n) is 1.83. The first-order chi connectivity index (χ1) is 12.3. The number of rotatable bonds is 4. The Balaban J connectivity index is 1.83. The van der Waals surface area contributed by atoms with Gasteiger partial charge in [-0.3, -0.25) is 35.9 Å². The Morgan fingerprint density at radius 2 is 2.00 bits per heavy atom. The average molecular weight is 374 g/mol. The number of nitrogens with zero attached hydrogens (tertiary/aromatic N) is 1. The van der Waals surface area contributed by atoms with E-state index in [9.17, 15) is 19.7 Å². The molecule has 0 atom stereocenters. The number of nitrogens with one attached hydrogen (secondary N) is 3. The lowest BCUT2D eigenvalue weighted by atomic mass is 10.2. The summed E-state index contributed by atoms with van der Waals surface area (Å²) in [4.78, 5) is 33.7. The van der Waals surface area contributed by atoms with Crippen molar-refractivity contribution in [3.8, 4) is 0 Å². The van der Waals surface area contributed by atoms with Gasteiger partial charge in [-0.2, -0.15) is 0 Å². The van der Waals surface area contributed by atoms with E-state index in [0.717, 1.165) is 6.07 Å². The molecule has 9 nitrogen and oxygen atoms in total. The average Bonchev–Trinajstić information content (AvgIpc) is 3.03. The number of hydrazine groups is 1. The van der Waals surface area contributed by atoms with Crippen LogP contribution in [-0.2, 0) is 4.79 Å². The number of non-ortho nitro benzene ring substituents is 1. The van der Waals surface area contributed by atoms with Crippen LogP contribution in [-0.4, -0.2) is 21.9 Å². The minimum Gasteiger partial charge on any atom is -0.462 e. The maximum atomic E-state index is 11.9. The molecule has 3 N–H and O–H groups in total. The number of thiocarbonyl (C=S) groups is 1. The van der Waals surface area contributed by atoms with E-state index < -0.39 is 16.7 Å². The van der Waals surface area contributed by atoms with E-state index in [1.54, 1.807) is 19.1 Å². The van der Waals surface area contributed by atoms with Crippen LogP contribution in [0.1, 0.15) is 21.9 Å². The molecular weight excluding hydrogens is 360 g/mol. The number of nitro groups is 1. The van der Waals surface area contributed by atoms with E-state index in [4.69, 9.17) is 16.6 Å². The summed E-state index contributed by atoms with van der Waals surface area (Å²) in [6.07, 6.45) is 2.68. The number of aryl methyl sites for hydroxylation is 1. The van der Waals surface area contributed by atoms with Gasteiger partial charge < -0.3 is 4.42 Å². The zero-order valence-corrected chi connectivity index (χ0v) is 14.3. The van der Waals surface area contributed by atoms with Crippen molar-refractivity contribution in [2.45, 2.75) is 6.92 Å². The number of amides is 2. The van der Waals surface area contributed by atoms with E-state index in [0.29, 0.717) is 11.5 Å². The Hall–Kier alpha value is -3.53. The second-order valence-electron chi connectivity index (χ2n) is 4.99. The molecule has 0 fully saturated rings. The van der Waals surface area contributed by atoms with E-state index >= 15 is 0 Å². The highest BCUT2D eigenvalue weighted by atomic mass is 32.1. The molecule has 0 saturated heterocycles. The van der Waals surface area contributed by atoms with Crippen LogP contribution in [0.15, 0.2) is 46.9 Å². The fourth-order valence-corrected chi connectivity index (χ4v) is 1.98. The van der Waals surface area contributed by atoms with Crippen LogP contribution in [0.25, 0.3) is 6.08 Å². The Morgan fingerprint density at radius 1 is 1.23 bits per heavy atom. The van der Waals surface area contributed by atoms with Gasteiger partial charge in [0.1, 0.15) is 11.5 Å². The molecule has 26 heavy (non-hydrogen) atoms. The minimum atomic E-state index is -0.646. The second-order valence-corrected chi connectivity index (χ2v) is 5.39. The molecule has 2 aromatic rings. The number of hydrogen-bond donors (Lipinski definition) is 3. The largest absolute Gasteiger partial charge is 0.462 e. The van der Waals surface area contributed by atoms with Crippen LogP contribution in [0.5, 0.6) is 0 Å². The molecule has 2 rings (SSSR count). The van der Waals surface area contributed by atoms with Gasteiger partial charge in [-0.25, -0.2) is 0 Å². The van der Waals surface area contributed by atoms with Crippen LogP contribution in [0, 0.1) is 17.0 Å². The molecular formula is C16H14N4O5S. The van der Waals surface area contributed by atoms with Crippen molar-refractivity contribution in [2.24, 2.45) is 0 Å². The van der Waals surface area contributed by atoms with E-state index in [1.165, 1.54) is 30.4 Å². The van der Waals surface area contributed by atoms with E-state index in [2.05, 4.69) is 16.2 Å². The SMILES string of the molecule is Cc1ccc(/C=C/C(=O)NC(=S)NNC(=O)c2cccc([N+](=O)[O-])c2)o1. The lowest BCUT2D eigenvalue weighted by Gasteiger charge is -2.09. The molecule has 134 valence electrons. The molecule has 0 spiro atoms. The van der Waals surface area contributed by atoms with Crippen LogP contribution < -0.4 is 16.2 Å². The number of benzene rings is 1. The zero-order chi connectivity index (χ0) is 19.1. The summed E-state index contributed by atoms with van der Waals surface area (Å²) in [5, 5.41) is 12.9. The molecule has 0 aliphatic heterocycles. The molecule has 0 unspecified atom stereocenters. The highest BCUT2D eigenvalue weighted by molar-refractivity contribution is 7.80. The van der Waals surface area contributed by atoms with Crippen molar-refractivity contribution >= 4 is 40.9 Å². The lowest BCUT2D eigenvalue weighted by Crippen LogP contribution is -2.48. The number of carbonyl (C=O) groups excluding carboxylic acids is 2. The standard InChI is InChI=1S/C16H14N4O5S/c1-10-5-6-13(25-10)7-8-14(21)17-16(26)19-18-15(22)11-3-2-4-12(9-11)20(23)24/h2-9H,1H3,(H,18,22)(H2,17,19,21,26)/b8-7+. The zero-order valence-electron chi connectivity index (χ0n) is 13.5. The summed E-state index contributed by atoms with van der Waals surface area (Å²) in [5.74, 6) is 0.0506. The van der Waals surface area contributed by atoms with Gasteiger partial charge in [0.25, 0.3) is 11.6 Å². The van der Waals surface area contributed by atoms with Gasteiger partial charge in [-0.05, 0) is 43.4 Å². The van der Waals surface area contributed by atoms with Crippen LogP contribution in [0.4, 0.5) is 5.69 Å². The molecule has 10 heteroatoms. The van der Waals surface area contributed by atoms with E-state index in [1.807, 2.05) is 0 Å². The lowest BCUT2D eigenvalue weighted by molar-refractivity contribution is -0.384. The van der Waals surface area contributed by atoms with Gasteiger partial charge in [0, 0.05) is 23.8 Å². The quantitative estimate of drug-likeness (QED) is 0.323. The van der Waals surface area contributed by atoms with Gasteiger partial charge in [0.05, 0.1) is 4.92 Å². The van der Waals surface area contributed by atoms with Crippen LogP contribution in [0.3, 0.4) is 0 Å². The third kappa shape index (κ3) is 5.53. The first-order valence-electron chi connectivity index (χ1n) is 7.25. The molecule has 0 radical (unpaired) electrons. The minimum absolute atomic E-state index is 0.0638. The Labute approximate surface area is 153 Å². The van der Waals surface area contributed by atoms with Crippen molar-refractivity contribution in [1.82, 2.24) is 16.2 Å². The van der Waals surface area contributed by atoms with Crippen molar-refractivity contribution in [3.63, 3.8) is 0 Å². The monoisotopic (exact) mass is 374 g/mol. The summed E-state index contributed by atoms with van der Waals surface area (Å²) in [6, 6.07) is 8.63. The predicted octanol–water partition coefficient (Wildman–Crippen LogP) is 1.85. The number of furan rings is 1. The van der Waals surface area contributed by atoms with Crippen molar-refractivity contribution < 1.29 is 18.9 Å². The molecule has 0 aliphatic rings. The molecule has 1 heterocycles. The number of carbonyl (C=O) groups is 2. The van der Waals surface area contributed by atoms with Gasteiger partial charge in [0.2, 0.25) is 5.91 Å². The normalized spacial score (nSPS) is 10.3. The van der Waals surface area contributed by atoms with Gasteiger partial charge in [0.15, 0.2) is 5.11 Å². The van der Waals surface area contributed by atoms with Gasteiger partial charge in [-0.1, -0.05) is 6.07 Å². The highest BCUT2D eigenvalue weighted by Gasteiger charge is 2.11. The summed E-state index contributed by atoms with van der Waals surface area (Å²) >= 11 is 4.88. The van der Waals surface area contributed by atoms with Crippen molar-refractivity contribution in [3.05, 3.63) is 69.7 Å². The Bertz CT molecular complexity index is 890. The Morgan fingerprint density at radius 3 is 2.65 bits per heavy atom. The predicted molar refractivity (Wildman–Crippen MR) is 96.9 cm³/mol. The summed E-state index contributed by atoms with van der Waals surface area (Å²) in [5.41, 5.74) is 4.42. The molecule has 0 aliphatic carbocycles. The first kappa shape index (κ1) is 18.8. The van der Waals surface area contributed by atoms with Crippen LogP contribution in [0.2, 0.25) is 0 Å². The van der Waals surface area contributed by atoms with Crippen LogP contribution >= 0.6 is 12.2 Å². The Kier molecular flexibility index (Phi) is 6.17. The summed E-state index contributed by atoms with van der Waals surface area (Å²) < 4.78 is 5.27. The number of hydrogen-bond acceptors (Lipinski definition) is 6. The number of nitro benzene ring substituents is 1. The van der Waals surface area contributed by atoms with Gasteiger partial charge in [-0.15, -0.1) is 0 Å². The maximum Gasteiger partial charge on any atom is 0.270 e. The first-order valence-corrected chi connectivity index (χ1v) is 7.66. The van der Waals surface area contributed by atoms with Crippen molar-refractivity contribution in [2.75, 3.05) is 0 Å². The third-order valence-corrected chi connectivity index (χ3v) is 3.21. The summed E-state index contributed by atoms with van der Waals surface area (Å²) in [7, 11) is 0. The second kappa shape index (κ2) is 8.53. The topological polar surface area (TPSA) is 127 Å². The third-order valence-electron chi connectivity index (χ3n) is 3.01. The van der Waals surface area contributed by atoms with E-state index in [-0.39, 0.29) is 16.4 Å². The van der Waals surface area contributed by atoms with Gasteiger partial charge >= 0.3 is 0 Å². The fraction of sp³-hybridized carbons (Fsp3) is 0.0625. The molecule has 1 aromatic heterocycles. The smallest absolute Gasteiger partial charge is 0.270 e. The molecule has 0 saturated carbocycles. The molecule has 0 bridgehead atoms. The van der Waals surface area contributed by atoms with Crippen molar-refractivity contribution in [1.29, 1.82) is 0 Å². The highest BCUT2D eigenvalue weighted by Crippen LogP contribution is 2.12. The maximum absolute atomic E-state index is 11.9.